The fourth-order valence-electron chi connectivity index (χ4n) is 7.70. The Hall–Kier alpha value is -5.98. The molecule has 1 aliphatic carbocycles. The molecule has 0 unspecified atom stereocenters. The Morgan fingerprint density at radius 1 is 0.375 bits per heavy atom. The first-order chi connectivity index (χ1) is 23.7. The predicted octanol–water partition coefficient (Wildman–Crippen LogP) is 14.1. The second-order valence-electron chi connectivity index (χ2n) is 12.1. The van der Waals surface area contributed by atoms with Gasteiger partial charge in [-0.1, -0.05) is 167 Å². The smallest absolute Gasteiger partial charge is 0.000719 e. The van der Waals surface area contributed by atoms with Crippen molar-refractivity contribution in [2.45, 2.75) is 13.8 Å². The number of rotatable bonds is 5. The minimum Gasteiger partial charge on any atom is -0.0984 e. The van der Waals surface area contributed by atoms with Crippen molar-refractivity contribution in [1.29, 1.82) is 0 Å². The molecule has 0 spiro atoms. The zero-order valence-electron chi connectivity index (χ0n) is 27.4. The molecule has 8 aromatic rings. The van der Waals surface area contributed by atoms with Gasteiger partial charge in [0.05, 0.1) is 0 Å². The third-order valence-corrected chi connectivity index (χ3v) is 9.72. The molecule has 0 saturated heterocycles. The molecular weight excluding hydrogens is 577 g/mol. The van der Waals surface area contributed by atoms with Gasteiger partial charge in [-0.05, 0) is 117 Å². The van der Waals surface area contributed by atoms with Crippen LogP contribution in [0.3, 0.4) is 0 Å². The highest BCUT2D eigenvalue weighted by Gasteiger charge is 2.31. The van der Waals surface area contributed by atoms with Crippen LogP contribution in [0.4, 0.5) is 0 Å². The van der Waals surface area contributed by atoms with Crippen LogP contribution in [0, 0.1) is 0 Å². The second-order valence-corrected chi connectivity index (χ2v) is 12.1. The van der Waals surface area contributed by atoms with Gasteiger partial charge in [0.2, 0.25) is 0 Å². The van der Waals surface area contributed by atoms with Crippen molar-refractivity contribution in [2.24, 2.45) is 0 Å². The molecule has 0 N–H and O–H groups in total. The maximum atomic E-state index is 4.07. The summed E-state index contributed by atoms with van der Waals surface area (Å²) in [7, 11) is 0. The van der Waals surface area contributed by atoms with Gasteiger partial charge in [-0.15, -0.1) is 0 Å². The van der Waals surface area contributed by atoms with Crippen molar-refractivity contribution in [1.82, 2.24) is 0 Å². The van der Waals surface area contributed by atoms with E-state index in [9.17, 15) is 0 Å². The predicted molar refractivity (Wildman–Crippen MR) is 211 cm³/mol. The largest absolute Gasteiger partial charge is 0.0984 e. The molecule has 0 heteroatoms. The summed E-state index contributed by atoms with van der Waals surface area (Å²) in [5.41, 5.74) is 14.8. The third kappa shape index (κ3) is 4.45. The van der Waals surface area contributed by atoms with Crippen molar-refractivity contribution < 1.29 is 0 Å². The summed E-state index contributed by atoms with van der Waals surface area (Å²) in [6.07, 6.45) is 3.81. The minimum atomic E-state index is 1.09. The first-order valence-corrected chi connectivity index (χ1v) is 16.8. The number of hydrogen-bond donors (Lipinski definition) is 0. The summed E-state index contributed by atoms with van der Waals surface area (Å²) < 4.78 is 0. The standard InChI is InChI=1S/C46H30.C2H6/c1-3-29-22-23-33(26-30(29)4-2)34-24-25-38-40(27-34)43(32-16-9-6-10-17-32)45-39-21-13-20-37-36-19-12-11-18-35(36)28-41(44(37)39)46(45)42(38)31-14-7-5-8-15-31;1-2/h3-28H,1-2H2;1-2H3. The lowest BCUT2D eigenvalue weighted by atomic mass is 9.81. The maximum absolute atomic E-state index is 4.07. The van der Waals surface area contributed by atoms with E-state index in [1.54, 1.807) is 0 Å². The highest BCUT2D eigenvalue weighted by molar-refractivity contribution is 6.31. The molecule has 48 heavy (non-hydrogen) atoms. The first kappa shape index (κ1) is 29.4. The molecule has 0 amide bonds. The average Bonchev–Trinajstić information content (AvgIpc) is 3.49. The van der Waals surface area contributed by atoms with Gasteiger partial charge in [-0.2, -0.15) is 0 Å². The Kier molecular flexibility index (Phi) is 7.35. The van der Waals surface area contributed by atoms with Gasteiger partial charge in [0.15, 0.2) is 0 Å². The van der Waals surface area contributed by atoms with Crippen molar-refractivity contribution in [3.63, 3.8) is 0 Å². The van der Waals surface area contributed by atoms with Crippen LogP contribution in [0.5, 0.6) is 0 Å². The molecule has 0 aromatic heterocycles. The van der Waals surface area contributed by atoms with E-state index in [4.69, 9.17) is 0 Å². The van der Waals surface area contributed by atoms with Crippen molar-refractivity contribution in [2.75, 3.05) is 0 Å². The van der Waals surface area contributed by atoms with E-state index in [1.807, 2.05) is 26.0 Å². The molecule has 0 radical (unpaired) electrons. The molecule has 9 rings (SSSR count). The topological polar surface area (TPSA) is 0 Å². The molecule has 8 aromatic carbocycles. The van der Waals surface area contributed by atoms with E-state index < -0.39 is 0 Å². The van der Waals surface area contributed by atoms with Crippen LogP contribution in [0.15, 0.2) is 159 Å². The van der Waals surface area contributed by atoms with E-state index in [0.29, 0.717) is 0 Å². The summed E-state index contributed by atoms with van der Waals surface area (Å²) in [6, 6.07) is 53.6. The summed E-state index contributed by atoms with van der Waals surface area (Å²) >= 11 is 0. The number of hydrogen-bond acceptors (Lipinski definition) is 0. The Labute approximate surface area is 283 Å². The monoisotopic (exact) mass is 612 g/mol. The summed E-state index contributed by atoms with van der Waals surface area (Å²) in [6.45, 7) is 12.1. The summed E-state index contributed by atoms with van der Waals surface area (Å²) in [4.78, 5) is 0. The molecule has 0 nitrogen and oxygen atoms in total. The fraction of sp³-hybridized carbons (Fsp3) is 0.0417. The number of benzene rings is 8. The molecule has 0 fully saturated rings. The van der Waals surface area contributed by atoms with Gasteiger partial charge < -0.3 is 0 Å². The van der Waals surface area contributed by atoms with Gasteiger partial charge >= 0.3 is 0 Å². The SMILES string of the molecule is C=Cc1ccc(-c2ccc3c(-c4ccccc4)c4c(c(-c5ccccc5)c3c2)-c2cccc3c2c-4cc2ccccc23)cc1C=C.CC. The lowest BCUT2D eigenvalue weighted by Crippen LogP contribution is -1.94. The van der Waals surface area contributed by atoms with Crippen molar-refractivity contribution >= 4 is 44.5 Å². The Morgan fingerprint density at radius 3 is 1.67 bits per heavy atom. The Bertz CT molecular complexity index is 2530. The molecule has 0 heterocycles. The average molecular weight is 613 g/mol. The van der Waals surface area contributed by atoms with Crippen LogP contribution in [-0.4, -0.2) is 0 Å². The maximum Gasteiger partial charge on any atom is -0.000719 e. The van der Waals surface area contributed by atoms with E-state index in [2.05, 4.69) is 159 Å². The quantitative estimate of drug-likeness (QED) is 0.170. The van der Waals surface area contributed by atoms with Crippen LogP contribution in [0.2, 0.25) is 0 Å². The zero-order chi connectivity index (χ0) is 32.8. The van der Waals surface area contributed by atoms with Gasteiger partial charge in [0, 0.05) is 0 Å². The van der Waals surface area contributed by atoms with E-state index in [1.165, 1.54) is 88.0 Å². The van der Waals surface area contributed by atoms with Crippen molar-refractivity contribution in [3.8, 4) is 55.6 Å². The van der Waals surface area contributed by atoms with Crippen LogP contribution in [0.1, 0.15) is 25.0 Å². The van der Waals surface area contributed by atoms with Crippen molar-refractivity contribution in [3.05, 3.63) is 170 Å². The fourth-order valence-corrected chi connectivity index (χ4v) is 7.70. The second kappa shape index (κ2) is 12.0. The van der Waals surface area contributed by atoms with E-state index >= 15 is 0 Å². The molecular formula is C48H36. The van der Waals surface area contributed by atoms with E-state index in [-0.39, 0.29) is 0 Å². The highest BCUT2D eigenvalue weighted by Crippen LogP contribution is 2.58. The minimum absolute atomic E-state index is 1.09. The van der Waals surface area contributed by atoms with Gasteiger partial charge in [-0.25, -0.2) is 0 Å². The van der Waals surface area contributed by atoms with Gasteiger partial charge in [0.25, 0.3) is 0 Å². The van der Waals surface area contributed by atoms with Gasteiger partial charge in [0.1, 0.15) is 0 Å². The third-order valence-electron chi connectivity index (χ3n) is 9.72. The Balaban J connectivity index is 0.00000165. The van der Waals surface area contributed by atoms with Crippen LogP contribution in [0.25, 0.3) is 100 Å². The highest BCUT2D eigenvalue weighted by atomic mass is 14.3. The van der Waals surface area contributed by atoms with Gasteiger partial charge in [-0.3, -0.25) is 0 Å². The molecule has 228 valence electrons. The molecule has 1 aliphatic rings. The zero-order valence-corrected chi connectivity index (χ0v) is 27.4. The number of fused-ring (bicyclic) bond motifs is 6. The lowest BCUT2D eigenvalue weighted by molar-refractivity contribution is 1.50. The molecule has 0 atom stereocenters. The molecule has 0 bridgehead atoms. The van der Waals surface area contributed by atoms with Crippen LogP contribution in [-0.2, 0) is 0 Å². The molecule has 0 saturated carbocycles. The van der Waals surface area contributed by atoms with E-state index in [0.717, 1.165) is 11.1 Å². The summed E-state index contributed by atoms with van der Waals surface area (Å²) in [5, 5.41) is 7.73. The Morgan fingerprint density at radius 2 is 0.958 bits per heavy atom. The molecule has 0 aliphatic heterocycles. The lowest BCUT2D eigenvalue weighted by Gasteiger charge is -2.21. The van der Waals surface area contributed by atoms with Crippen LogP contribution < -0.4 is 0 Å². The summed E-state index contributed by atoms with van der Waals surface area (Å²) in [5.74, 6) is 0. The van der Waals surface area contributed by atoms with Crippen LogP contribution >= 0.6 is 0 Å². The normalized spacial score (nSPS) is 11.3. The first-order valence-electron chi connectivity index (χ1n) is 16.8.